The third kappa shape index (κ3) is 3.09. The van der Waals surface area contributed by atoms with Crippen molar-refractivity contribution in [1.29, 1.82) is 0 Å². The number of aromatic nitrogens is 3. The summed E-state index contributed by atoms with van der Waals surface area (Å²) in [7, 11) is 0. The van der Waals surface area contributed by atoms with E-state index in [-0.39, 0.29) is 0 Å². The van der Waals surface area contributed by atoms with Crippen LogP contribution < -0.4 is 0 Å². The smallest absolute Gasteiger partial charge is 0.0902 e. The lowest BCUT2D eigenvalue weighted by atomic mass is 10.0. The van der Waals surface area contributed by atoms with Gasteiger partial charge in [0.2, 0.25) is 0 Å². The lowest BCUT2D eigenvalue weighted by Crippen LogP contribution is -2.23. The Morgan fingerprint density at radius 2 is 1.67 bits per heavy atom. The van der Waals surface area contributed by atoms with Crippen molar-refractivity contribution in [3.63, 3.8) is 0 Å². The molecule has 5 rings (SSSR count). The van der Waals surface area contributed by atoms with Crippen LogP contribution in [0.25, 0.3) is 33.1 Å². The highest BCUT2D eigenvalue weighted by molar-refractivity contribution is 6.34. The first-order valence-corrected chi connectivity index (χ1v) is 9.88. The van der Waals surface area contributed by atoms with E-state index in [1.807, 2.05) is 12.1 Å². The number of fused-ring (bicyclic) bond motifs is 2. The second-order valence-corrected chi connectivity index (χ2v) is 7.58. The van der Waals surface area contributed by atoms with Crippen molar-refractivity contribution in [1.82, 2.24) is 19.4 Å². The minimum atomic E-state index is 0.709. The van der Waals surface area contributed by atoms with Crippen LogP contribution in [-0.4, -0.2) is 39.1 Å². The van der Waals surface area contributed by atoms with Crippen molar-refractivity contribution < 1.29 is 0 Å². The van der Waals surface area contributed by atoms with Gasteiger partial charge in [-0.05, 0) is 55.8 Å². The molecule has 0 radical (unpaired) electrons. The van der Waals surface area contributed by atoms with Crippen LogP contribution in [0.3, 0.4) is 0 Å². The average molecular weight is 377 g/mol. The molecule has 0 atom stereocenters. The fourth-order valence-corrected chi connectivity index (χ4v) is 4.36. The van der Waals surface area contributed by atoms with Crippen LogP contribution in [0.2, 0.25) is 5.02 Å². The van der Waals surface area contributed by atoms with Crippen LogP contribution in [0.15, 0.2) is 55.0 Å². The van der Waals surface area contributed by atoms with Gasteiger partial charge in [0, 0.05) is 48.1 Å². The molecular formula is C22H21ClN4. The summed E-state index contributed by atoms with van der Waals surface area (Å²) in [6.07, 6.45) is 8.27. The molecule has 27 heavy (non-hydrogen) atoms. The van der Waals surface area contributed by atoms with Gasteiger partial charge in [-0.15, -0.1) is 0 Å². The van der Waals surface area contributed by atoms with Crippen molar-refractivity contribution in [3.8, 4) is 11.1 Å². The minimum absolute atomic E-state index is 0.709. The molecule has 0 amide bonds. The lowest BCUT2D eigenvalue weighted by Gasteiger charge is -2.15. The molecule has 0 bridgehead atoms. The molecule has 1 saturated heterocycles. The van der Waals surface area contributed by atoms with Crippen LogP contribution in [0.1, 0.15) is 12.8 Å². The van der Waals surface area contributed by atoms with E-state index in [9.17, 15) is 0 Å². The Hall–Kier alpha value is -2.43. The molecule has 2 aromatic heterocycles. The Labute approximate surface area is 163 Å². The normalized spacial score (nSPS) is 15.1. The largest absolute Gasteiger partial charge is 0.346 e. The predicted octanol–water partition coefficient (Wildman–Crippen LogP) is 5.00. The topological polar surface area (TPSA) is 34.0 Å². The van der Waals surface area contributed by atoms with Crippen molar-refractivity contribution in [2.24, 2.45) is 0 Å². The maximum absolute atomic E-state index is 6.61. The molecule has 1 fully saturated rings. The summed E-state index contributed by atoms with van der Waals surface area (Å²) in [5.41, 5.74) is 5.09. The third-order valence-corrected chi connectivity index (χ3v) is 5.83. The summed E-state index contributed by atoms with van der Waals surface area (Å²) in [5.74, 6) is 0. The summed E-state index contributed by atoms with van der Waals surface area (Å²) in [6, 6.07) is 12.6. The third-order valence-electron chi connectivity index (χ3n) is 5.52. The zero-order chi connectivity index (χ0) is 18.2. The van der Waals surface area contributed by atoms with E-state index in [0.717, 1.165) is 35.2 Å². The number of halogens is 1. The van der Waals surface area contributed by atoms with Gasteiger partial charge in [0.15, 0.2) is 0 Å². The average Bonchev–Trinajstić information content (AvgIpc) is 3.35. The van der Waals surface area contributed by atoms with Gasteiger partial charge in [0.05, 0.1) is 16.1 Å². The van der Waals surface area contributed by atoms with Gasteiger partial charge < -0.3 is 9.47 Å². The first-order chi connectivity index (χ1) is 13.3. The molecule has 1 aliphatic heterocycles. The van der Waals surface area contributed by atoms with E-state index in [4.69, 9.17) is 11.6 Å². The Balaban J connectivity index is 1.55. The van der Waals surface area contributed by atoms with Gasteiger partial charge in [-0.1, -0.05) is 23.7 Å². The van der Waals surface area contributed by atoms with E-state index in [1.54, 1.807) is 12.4 Å². The number of likely N-dealkylation sites (tertiary alicyclic amines) is 1. The Bertz CT molecular complexity index is 1110. The van der Waals surface area contributed by atoms with Crippen molar-refractivity contribution in [3.05, 3.63) is 60.0 Å². The first kappa shape index (κ1) is 16.7. The number of rotatable bonds is 4. The summed E-state index contributed by atoms with van der Waals surface area (Å²) in [4.78, 5) is 11.3. The minimum Gasteiger partial charge on any atom is -0.346 e. The second-order valence-electron chi connectivity index (χ2n) is 7.17. The number of hydrogen-bond donors (Lipinski definition) is 0. The van der Waals surface area contributed by atoms with Crippen LogP contribution in [0, 0.1) is 0 Å². The molecule has 0 aliphatic carbocycles. The molecule has 4 aromatic rings. The zero-order valence-corrected chi connectivity index (χ0v) is 15.9. The highest BCUT2D eigenvalue weighted by Crippen LogP contribution is 2.35. The standard InChI is InChI=1S/C22H21ClN4/c23-19-15-21-20(24-7-8-25-21)14-18(19)16-4-3-5-22-17(16)6-11-27(22)13-12-26-9-1-2-10-26/h3-8,11,14-15H,1-2,9-10,12-13H2. The van der Waals surface area contributed by atoms with Gasteiger partial charge in [-0.3, -0.25) is 9.97 Å². The zero-order valence-electron chi connectivity index (χ0n) is 15.1. The summed E-state index contributed by atoms with van der Waals surface area (Å²) >= 11 is 6.61. The van der Waals surface area contributed by atoms with Crippen LogP contribution in [0.5, 0.6) is 0 Å². The fraction of sp³-hybridized carbons (Fsp3) is 0.273. The lowest BCUT2D eigenvalue weighted by molar-refractivity contribution is 0.324. The van der Waals surface area contributed by atoms with E-state index >= 15 is 0 Å². The van der Waals surface area contributed by atoms with Crippen molar-refractivity contribution >= 4 is 33.5 Å². The van der Waals surface area contributed by atoms with Gasteiger partial charge in [-0.2, -0.15) is 0 Å². The highest BCUT2D eigenvalue weighted by atomic mass is 35.5. The van der Waals surface area contributed by atoms with Crippen LogP contribution >= 0.6 is 11.6 Å². The fourth-order valence-electron chi connectivity index (χ4n) is 4.10. The molecule has 2 aromatic carbocycles. The quantitative estimate of drug-likeness (QED) is 0.502. The van der Waals surface area contributed by atoms with E-state index in [0.29, 0.717) is 5.02 Å². The molecular weight excluding hydrogens is 356 g/mol. The molecule has 0 spiro atoms. The molecule has 4 nitrogen and oxygen atoms in total. The summed E-state index contributed by atoms with van der Waals surface area (Å²) < 4.78 is 2.35. The molecule has 3 heterocycles. The van der Waals surface area contributed by atoms with Crippen molar-refractivity contribution in [2.45, 2.75) is 19.4 Å². The molecule has 1 aliphatic rings. The maximum Gasteiger partial charge on any atom is 0.0902 e. The van der Waals surface area contributed by atoms with Crippen LogP contribution in [-0.2, 0) is 6.54 Å². The Morgan fingerprint density at radius 3 is 2.48 bits per heavy atom. The molecule has 0 saturated carbocycles. The molecule has 0 N–H and O–H groups in total. The van der Waals surface area contributed by atoms with E-state index in [2.05, 4.69) is 49.9 Å². The van der Waals surface area contributed by atoms with Gasteiger partial charge in [0.1, 0.15) is 0 Å². The van der Waals surface area contributed by atoms with Crippen molar-refractivity contribution in [2.75, 3.05) is 19.6 Å². The Kier molecular flexibility index (Phi) is 4.30. The van der Waals surface area contributed by atoms with E-state index < -0.39 is 0 Å². The molecule has 136 valence electrons. The monoisotopic (exact) mass is 376 g/mol. The predicted molar refractivity (Wildman–Crippen MR) is 111 cm³/mol. The number of benzene rings is 2. The second kappa shape index (κ2) is 6.95. The summed E-state index contributed by atoms with van der Waals surface area (Å²) in [5, 5.41) is 1.93. The SMILES string of the molecule is Clc1cc2nccnc2cc1-c1cccc2c1ccn2CCN1CCCC1. The van der Waals surface area contributed by atoms with Gasteiger partial charge in [0.25, 0.3) is 0 Å². The first-order valence-electron chi connectivity index (χ1n) is 9.50. The maximum atomic E-state index is 6.61. The van der Waals surface area contributed by atoms with Gasteiger partial charge in [-0.25, -0.2) is 0 Å². The highest BCUT2D eigenvalue weighted by Gasteiger charge is 2.14. The van der Waals surface area contributed by atoms with Crippen LogP contribution in [0.4, 0.5) is 0 Å². The molecule has 5 heteroatoms. The summed E-state index contributed by atoms with van der Waals surface area (Å²) in [6.45, 7) is 4.60. The Morgan fingerprint density at radius 1 is 0.889 bits per heavy atom. The van der Waals surface area contributed by atoms with Gasteiger partial charge >= 0.3 is 0 Å². The number of hydrogen-bond acceptors (Lipinski definition) is 3. The molecule has 0 unspecified atom stereocenters. The number of nitrogens with zero attached hydrogens (tertiary/aromatic N) is 4. The van der Waals surface area contributed by atoms with E-state index in [1.165, 1.54) is 36.8 Å².